The van der Waals surface area contributed by atoms with E-state index in [-0.39, 0.29) is 0 Å². The van der Waals surface area contributed by atoms with Crippen LogP contribution in [0, 0.1) is 24.7 Å². The summed E-state index contributed by atoms with van der Waals surface area (Å²) in [5.41, 5.74) is 0. The summed E-state index contributed by atoms with van der Waals surface area (Å²) in [6.45, 7) is 17.2. The Morgan fingerprint density at radius 1 is 0.396 bits per heavy atom. The van der Waals surface area contributed by atoms with Gasteiger partial charge in [-0.1, -0.05) is 182 Å². The van der Waals surface area contributed by atoms with Crippen molar-refractivity contribution in [2.75, 3.05) is 0 Å². The first-order chi connectivity index (χ1) is 23.1. The van der Waals surface area contributed by atoms with Gasteiger partial charge in [0.25, 0.3) is 0 Å². The molecule has 0 rings (SSSR count). The van der Waals surface area contributed by atoms with Gasteiger partial charge in [-0.2, -0.15) is 27.7 Å². The van der Waals surface area contributed by atoms with Gasteiger partial charge in [0.15, 0.2) is 0 Å². The van der Waals surface area contributed by atoms with Crippen LogP contribution in [-0.4, -0.2) is 22.2 Å². The quantitative estimate of drug-likeness (QED) is 0.0438. The molecule has 288 valence electrons. The van der Waals surface area contributed by atoms with Crippen molar-refractivity contribution in [2.24, 2.45) is 11.8 Å². The Balaban J connectivity index is -0.000000210. The first kappa shape index (κ1) is 56.8. The molecule has 0 aromatic rings. The standard InChI is InChI=1S/2C18H36O2.2C3H7.O.Ti/c2*1-17(2)15-13-11-9-7-5-3-4-6-8-10-12-14-16-18(19)20;2*1-3-2;;/h2*17H,3-16H2,1-2H3,(H,19,20);2*3H,1-2H3;;/q;;2*-1;;+2. The molecule has 0 aromatic carbocycles. The second kappa shape index (κ2) is 55.9. The molecule has 0 atom stereocenters. The third kappa shape index (κ3) is 80.3. The van der Waals surface area contributed by atoms with Crippen LogP contribution in [0.2, 0.25) is 0 Å². The average Bonchev–Trinajstić information content (AvgIpc) is 3.03. The molecular formula is C42H86O5Ti. The minimum atomic E-state index is -0.654. The van der Waals surface area contributed by atoms with E-state index in [9.17, 15) is 9.59 Å². The summed E-state index contributed by atoms with van der Waals surface area (Å²) in [5, 5.41) is 17.0. The Morgan fingerprint density at radius 2 is 0.542 bits per heavy atom. The number of rotatable bonds is 30. The van der Waals surface area contributed by atoms with Crippen LogP contribution < -0.4 is 0 Å². The molecular weight excluding hydrogens is 632 g/mol. The van der Waals surface area contributed by atoms with E-state index in [4.69, 9.17) is 13.5 Å². The van der Waals surface area contributed by atoms with Gasteiger partial charge in [-0.25, -0.2) is 0 Å². The number of aliphatic carboxylic acids is 2. The van der Waals surface area contributed by atoms with Crippen molar-refractivity contribution >= 4 is 11.9 Å². The van der Waals surface area contributed by atoms with Gasteiger partial charge in [-0.15, -0.1) is 0 Å². The Labute approximate surface area is 314 Å². The molecule has 0 saturated heterocycles. The molecule has 0 fully saturated rings. The van der Waals surface area contributed by atoms with E-state index >= 15 is 0 Å². The number of carboxylic acids is 2. The van der Waals surface area contributed by atoms with Crippen LogP contribution >= 0.6 is 0 Å². The first-order valence-corrected chi connectivity index (χ1v) is 20.8. The summed E-state index contributed by atoms with van der Waals surface area (Å²) in [5.74, 6) is 0.424. The van der Waals surface area contributed by atoms with Gasteiger partial charge < -0.3 is 23.1 Å². The van der Waals surface area contributed by atoms with E-state index < -0.39 is 11.9 Å². The summed E-state index contributed by atoms with van der Waals surface area (Å²) >= 11 is 0.750. The molecule has 0 radical (unpaired) electrons. The monoisotopic (exact) mass is 719 g/mol. The molecule has 6 heteroatoms. The van der Waals surface area contributed by atoms with Crippen LogP contribution in [0.15, 0.2) is 0 Å². The molecule has 0 unspecified atom stereocenters. The molecule has 0 aliphatic carbocycles. The van der Waals surface area contributed by atoms with Gasteiger partial charge in [-0.05, 0) is 24.7 Å². The fourth-order valence-electron chi connectivity index (χ4n) is 5.19. The molecule has 48 heavy (non-hydrogen) atoms. The van der Waals surface area contributed by atoms with Crippen LogP contribution in [0.3, 0.4) is 0 Å². The van der Waals surface area contributed by atoms with Gasteiger partial charge in [0, 0.05) is 12.8 Å². The van der Waals surface area contributed by atoms with E-state index in [0.717, 1.165) is 57.9 Å². The summed E-state index contributed by atoms with van der Waals surface area (Å²) in [7, 11) is 0. The summed E-state index contributed by atoms with van der Waals surface area (Å²) in [6.07, 6.45) is 38.6. The van der Waals surface area contributed by atoms with Gasteiger partial charge >= 0.3 is 35.7 Å². The molecule has 0 aromatic heterocycles. The number of unbranched alkanes of at least 4 members (excludes halogenated alkanes) is 22. The maximum absolute atomic E-state index is 10.3. The average molecular weight is 719 g/mol. The van der Waals surface area contributed by atoms with Crippen molar-refractivity contribution in [1.82, 2.24) is 0 Å². The third-order valence-electron chi connectivity index (χ3n) is 7.84. The summed E-state index contributed by atoms with van der Waals surface area (Å²) < 4.78 is 8.25. The molecule has 0 amide bonds. The van der Waals surface area contributed by atoms with Gasteiger partial charge in [0.2, 0.25) is 0 Å². The fraction of sp³-hybridized carbons (Fsp3) is 0.905. The zero-order chi connectivity index (χ0) is 37.5. The van der Waals surface area contributed by atoms with E-state index in [1.807, 2.05) is 40.5 Å². The Hall–Kier alpha value is -0.546. The van der Waals surface area contributed by atoms with Gasteiger partial charge in [0.05, 0.1) is 0 Å². The number of hydrogen-bond donors (Lipinski definition) is 2. The summed E-state index contributed by atoms with van der Waals surface area (Å²) in [4.78, 5) is 20.7. The van der Waals surface area contributed by atoms with Crippen LogP contribution in [0.5, 0.6) is 0 Å². The molecule has 2 N–H and O–H groups in total. The van der Waals surface area contributed by atoms with Crippen molar-refractivity contribution in [1.29, 1.82) is 0 Å². The van der Waals surface area contributed by atoms with Crippen molar-refractivity contribution in [2.45, 2.75) is 235 Å². The van der Waals surface area contributed by atoms with Gasteiger partial charge in [0.1, 0.15) is 0 Å². The van der Waals surface area contributed by atoms with Gasteiger partial charge in [-0.3, -0.25) is 9.59 Å². The first-order valence-electron chi connectivity index (χ1n) is 20.2. The Kier molecular flexibility index (Phi) is 66.1. The van der Waals surface area contributed by atoms with Crippen LogP contribution in [0.1, 0.15) is 235 Å². The van der Waals surface area contributed by atoms with Crippen molar-refractivity contribution in [3.8, 4) is 0 Å². The fourth-order valence-corrected chi connectivity index (χ4v) is 5.19. The van der Waals surface area contributed by atoms with Crippen LogP contribution in [0.25, 0.3) is 0 Å². The van der Waals surface area contributed by atoms with Crippen molar-refractivity contribution in [3.05, 3.63) is 12.8 Å². The normalized spacial score (nSPS) is 10.2. The number of carboxylic acid groups (broad SMARTS) is 2. The number of hydrogen-bond acceptors (Lipinski definition) is 3. The van der Waals surface area contributed by atoms with Crippen molar-refractivity contribution in [3.63, 3.8) is 0 Å². The SMILES string of the molecule is CC(C)CCCCCCCCCCCCCCC(=O)O.CC(C)CCCCCCCCCCCCCCC(=O)O.C[CH-]C.C[CH-]C.[O]=[Ti+2]. The molecule has 5 nitrogen and oxygen atoms in total. The van der Waals surface area contributed by atoms with Crippen LogP contribution in [0.4, 0.5) is 0 Å². The zero-order valence-electron chi connectivity index (χ0n) is 33.7. The second-order valence-corrected chi connectivity index (χ2v) is 14.3. The van der Waals surface area contributed by atoms with E-state index in [0.29, 0.717) is 12.8 Å². The molecule has 0 heterocycles. The Morgan fingerprint density at radius 3 is 0.688 bits per heavy atom. The second-order valence-electron chi connectivity index (χ2n) is 14.3. The van der Waals surface area contributed by atoms with E-state index in [2.05, 4.69) is 27.7 Å². The minimum absolute atomic E-state index is 0.344. The molecule has 0 saturated carbocycles. The zero-order valence-corrected chi connectivity index (χ0v) is 35.3. The molecule has 0 bridgehead atoms. The molecule has 0 aliphatic rings. The molecule has 0 spiro atoms. The van der Waals surface area contributed by atoms with E-state index in [1.165, 1.54) is 141 Å². The summed E-state index contributed by atoms with van der Waals surface area (Å²) in [6, 6.07) is 0. The molecule has 0 aliphatic heterocycles. The number of carbonyl (C=O) groups is 2. The Bertz CT molecular complexity index is 520. The maximum atomic E-state index is 10.3. The topological polar surface area (TPSA) is 91.7 Å². The van der Waals surface area contributed by atoms with Crippen LogP contribution in [-0.2, 0) is 33.3 Å². The predicted molar refractivity (Wildman–Crippen MR) is 206 cm³/mol. The predicted octanol–water partition coefficient (Wildman–Crippen LogP) is 14.7. The van der Waals surface area contributed by atoms with Crippen molar-refractivity contribution < 1.29 is 43.5 Å². The van der Waals surface area contributed by atoms with E-state index in [1.54, 1.807) is 0 Å². The third-order valence-corrected chi connectivity index (χ3v) is 7.84.